The van der Waals surface area contributed by atoms with E-state index >= 15 is 0 Å². The Bertz CT molecular complexity index is 986. The monoisotopic (exact) mass is 431 g/mol. The van der Waals surface area contributed by atoms with E-state index in [1.807, 2.05) is 64.3 Å². The maximum absolute atomic E-state index is 13.0. The summed E-state index contributed by atoms with van der Waals surface area (Å²) >= 11 is 7.75. The highest BCUT2D eigenvalue weighted by atomic mass is 35.5. The van der Waals surface area contributed by atoms with Crippen LogP contribution in [-0.2, 0) is 4.79 Å². The number of ether oxygens (including phenoxy) is 1. The molecule has 0 atom stereocenters. The lowest BCUT2D eigenvalue weighted by Gasteiger charge is -2.21. The lowest BCUT2D eigenvalue weighted by Crippen LogP contribution is -2.36. The Morgan fingerprint density at radius 2 is 1.83 bits per heavy atom. The maximum Gasteiger partial charge on any atom is 0.266 e. The van der Waals surface area contributed by atoms with Gasteiger partial charge < -0.3 is 9.64 Å². The van der Waals surface area contributed by atoms with Gasteiger partial charge in [0.25, 0.3) is 5.91 Å². The molecule has 0 saturated carbocycles. The largest absolute Gasteiger partial charge is 0.484 e. The summed E-state index contributed by atoms with van der Waals surface area (Å²) in [6, 6.07) is 11.5. The number of aryl methyl sites for hydroxylation is 2. The summed E-state index contributed by atoms with van der Waals surface area (Å²) in [6.07, 6.45) is 0.846. The van der Waals surface area contributed by atoms with Crippen molar-refractivity contribution in [2.24, 2.45) is 0 Å². The molecule has 29 heavy (non-hydrogen) atoms. The van der Waals surface area contributed by atoms with E-state index in [0.29, 0.717) is 22.4 Å². The molecule has 0 unspecified atom stereocenters. The maximum atomic E-state index is 13.0. The first kappa shape index (κ1) is 21.6. The standard InChI is InChI=1S/C22H26ClN3O2S/c1-15-6-8-17(9-7-15)28-14-20(27)26(13-5-12-25(3)4)22-24-21-16(2)18(23)10-11-19(21)29-22/h6-11H,5,12-14H2,1-4H3. The summed E-state index contributed by atoms with van der Waals surface area (Å²) in [6.45, 7) is 5.41. The molecule has 0 spiro atoms. The van der Waals surface area contributed by atoms with Gasteiger partial charge in [0.15, 0.2) is 11.7 Å². The molecular weight excluding hydrogens is 406 g/mol. The number of carbonyl (C=O) groups is 1. The third-order valence-electron chi connectivity index (χ3n) is 4.64. The molecule has 0 aliphatic carbocycles. The van der Waals surface area contributed by atoms with Crippen molar-refractivity contribution >= 4 is 44.2 Å². The Morgan fingerprint density at radius 3 is 2.52 bits per heavy atom. The van der Waals surface area contributed by atoms with Gasteiger partial charge in [0, 0.05) is 11.6 Å². The van der Waals surface area contributed by atoms with Crippen LogP contribution in [0.15, 0.2) is 36.4 Å². The SMILES string of the molecule is Cc1ccc(OCC(=O)N(CCCN(C)C)c2nc3c(C)c(Cl)ccc3s2)cc1. The van der Waals surface area contributed by atoms with Crippen LogP contribution < -0.4 is 9.64 Å². The zero-order chi connectivity index (χ0) is 21.0. The van der Waals surface area contributed by atoms with Crippen LogP contribution in [0.2, 0.25) is 5.02 Å². The average molecular weight is 432 g/mol. The fourth-order valence-corrected chi connectivity index (χ4v) is 4.15. The molecule has 0 saturated heterocycles. The summed E-state index contributed by atoms with van der Waals surface area (Å²) in [4.78, 5) is 21.6. The van der Waals surface area contributed by atoms with Crippen molar-refractivity contribution < 1.29 is 9.53 Å². The minimum absolute atomic E-state index is 0.0271. The van der Waals surface area contributed by atoms with Crippen LogP contribution in [0.1, 0.15) is 17.5 Å². The molecule has 2 aromatic carbocycles. The third kappa shape index (κ3) is 5.47. The topological polar surface area (TPSA) is 45.7 Å². The Balaban J connectivity index is 1.80. The molecular formula is C22H26ClN3O2S. The second-order valence-corrected chi connectivity index (χ2v) is 8.74. The molecule has 5 nitrogen and oxygen atoms in total. The number of amides is 1. The van der Waals surface area contributed by atoms with Gasteiger partial charge in [-0.1, -0.05) is 40.6 Å². The number of hydrogen-bond donors (Lipinski definition) is 0. The van der Waals surface area contributed by atoms with Gasteiger partial charge in [-0.05, 0) is 70.7 Å². The van der Waals surface area contributed by atoms with E-state index in [2.05, 4.69) is 4.90 Å². The number of thiazole rings is 1. The Labute approximate surface area is 180 Å². The van der Waals surface area contributed by atoms with Gasteiger partial charge in [0.2, 0.25) is 0 Å². The molecule has 0 aliphatic rings. The Morgan fingerprint density at radius 1 is 1.10 bits per heavy atom. The van der Waals surface area contributed by atoms with E-state index in [4.69, 9.17) is 21.3 Å². The van der Waals surface area contributed by atoms with Crippen LogP contribution in [0.3, 0.4) is 0 Å². The molecule has 0 radical (unpaired) electrons. The van der Waals surface area contributed by atoms with E-state index in [0.717, 1.165) is 34.3 Å². The van der Waals surface area contributed by atoms with Crippen LogP contribution in [0.5, 0.6) is 5.75 Å². The average Bonchev–Trinajstić information content (AvgIpc) is 3.12. The zero-order valence-corrected chi connectivity index (χ0v) is 18.8. The summed E-state index contributed by atoms with van der Waals surface area (Å²) in [5.74, 6) is 0.580. The van der Waals surface area contributed by atoms with Gasteiger partial charge in [-0.3, -0.25) is 9.69 Å². The summed E-state index contributed by atoms with van der Waals surface area (Å²) in [7, 11) is 4.05. The van der Waals surface area contributed by atoms with Crippen molar-refractivity contribution in [3.63, 3.8) is 0 Å². The van der Waals surface area contributed by atoms with Gasteiger partial charge in [0.05, 0.1) is 10.2 Å². The van der Waals surface area contributed by atoms with Crippen molar-refractivity contribution in [3.8, 4) is 5.75 Å². The quantitative estimate of drug-likeness (QED) is 0.507. The highest BCUT2D eigenvalue weighted by Crippen LogP contribution is 2.33. The van der Waals surface area contributed by atoms with Gasteiger partial charge in [-0.25, -0.2) is 4.98 Å². The lowest BCUT2D eigenvalue weighted by molar-refractivity contribution is -0.120. The molecule has 1 amide bonds. The summed E-state index contributed by atoms with van der Waals surface area (Å²) in [5, 5.41) is 1.36. The van der Waals surface area contributed by atoms with Crippen LogP contribution in [0.4, 0.5) is 5.13 Å². The number of fused-ring (bicyclic) bond motifs is 1. The minimum atomic E-state index is -0.105. The van der Waals surface area contributed by atoms with E-state index in [-0.39, 0.29) is 12.5 Å². The van der Waals surface area contributed by atoms with Crippen LogP contribution in [0.25, 0.3) is 10.2 Å². The van der Waals surface area contributed by atoms with E-state index in [1.54, 1.807) is 4.90 Å². The highest BCUT2D eigenvalue weighted by molar-refractivity contribution is 7.22. The molecule has 0 aliphatic heterocycles. The van der Waals surface area contributed by atoms with Gasteiger partial charge in [-0.15, -0.1) is 0 Å². The number of halogens is 1. The molecule has 0 fully saturated rings. The molecule has 3 aromatic rings. The van der Waals surface area contributed by atoms with Crippen molar-refractivity contribution in [1.29, 1.82) is 0 Å². The van der Waals surface area contributed by atoms with E-state index in [9.17, 15) is 4.79 Å². The fourth-order valence-electron chi connectivity index (χ4n) is 2.93. The molecule has 0 bridgehead atoms. The number of carbonyl (C=O) groups excluding carboxylic acids is 1. The number of nitrogens with zero attached hydrogens (tertiary/aromatic N) is 3. The molecule has 7 heteroatoms. The van der Waals surface area contributed by atoms with Gasteiger partial charge in [-0.2, -0.15) is 0 Å². The van der Waals surface area contributed by atoms with Gasteiger partial charge >= 0.3 is 0 Å². The van der Waals surface area contributed by atoms with Crippen LogP contribution in [0, 0.1) is 13.8 Å². The van der Waals surface area contributed by atoms with E-state index < -0.39 is 0 Å². The third-order valence-corrected chi connectivity index (χ3v) is 6.09. The highest BCUT2D eigenvalue weighted by Gasteiger charge is 2.21. The fraction of sp³-hybridized carbons (Fsp3) is 0.364. The number of hydrogen-bond acceptors (Lipinski definition) is 5. The van der Waals surface area contributed by atoms with Crippen molar-refractivity contribution in [3.05, 3.63) is 52.5 Å². The minimum Gasteiger partial charge on any atom is -0.484 e. The van der Waals surface area contributed by atoms with Crippen LogP contribution in [-0.4, -0.2) is 49.6 Å². The van der Waals surface area contributed by atoms with Crippen molar-refractivity contribution in [2.45, 2.75) is 20.3 Å². The smallest absolute Gasteiger partial charge is 0.266 e. The number of aromatic nitrogens is 1. The first-order chi connectivity index (χ1) is 13.8. The number of anilines is 1. The zero-order valence-electron chi connectivity index (χ0n) is 17.2. The normalized spacial score (nSPS) is 11.2. The van der Waals surface area contributed by atoms with Crippen molar-refractivity contribution in [2.75, 3.05) is 38.7 Å². The first-order valence-corrected chi connectivity index (χ1v) is 10.7. The molecule has 1 aromatic heterocycles. The summed E-state index contributed by atoms with van der Waals surface area (Å²) in [5.41, 5.74) is 2.93. The lowest BCUT2D eigenvalue weighted by atomic mass is 10.2. The second kappa shape index (κ2) is 9.57. The van der Waals surface area contributed by atoms with Gasteiger partial charge in [0.1, 0.15) is 5.75 Å². The second-order valence-electron chi connectivity index (χ2n) is 7.32. The summed E-state index contributed by atoms with van der Waals surface area (Å²) < 4.78 is 6.74. The first-order valence-electron chi connectivity index (χ1n) is 9.55. The molecule has 154 valence electrons. The predicted molar refractivity (Wildman–Crippen MR) is 122 cm³/mol. The molecule has 1 heterocycles. The number of rotatable bonds is 8. The van der Waals surface area contributed by atoms with Crippen molar-refractivity contribution in [1.82, 2.24) is 9.88 Å². The Kier molecular flexibility index (Phi) is 7.11. The Hall–Kier alpha value is -2.15. The number of benzene rings is 2. The molecule has 3 rings (SSSR count). The predicted octanol–water partition coefficient (Wildman–Crippen LogP) is 4.93. The van der Waals surface area contributed by atoms with E-state index in [1.165, 1.54) is 11.3 Å². The molecule has 0 N–H and O–H groups in total. The van der Waals surface area contributed by atoms with Crippen LogP contribution >= 0.6 is 22.9 Å².